The van der Waals surface area contributed by atoms with Gasteiger partial charge in [0.2, 0.25) is 0 Å². The molecule has 1 unspecified atom stereocenters. The fraction of sp³-hybridized carbons (Fsp3) is 0.355. The summed E-state index contributed by atoms with van der Waals surface area (Å²) in [6, 6.07) is 11.7. The monoisotopic (exact) mass is 613 g/mol. The van der Waals surface area contributed by atoms with Gasteiger partial charge in [0.15, 0.2) is 11.5 Å². The molecule has 3 heterocycles. The van der Waals surface area contributed by atoms with Crippen molar-refractivity contribution in [1.82, 2.24) is 14.8 Å². The Morgan fingerprint density at radius 2 is 1.71 bits per heavy atom. The molecule has 1 atom stereocenters. The van der Waals surface area contributed by atoms with Gasteiger partial charge < -0.3 is 14.7 Å². The second kappa shape index (κ2) is 11.3. The molecule has 2 aromatic carbocycles. The van der Waals surface area contributed by atoms with Crippen LogP contribution in [0.1, 0.15) is 71.1 Å². The van der Waals surface area contributed by atoms with Gasteiger partial charge in [0.1, 0.15) is 11.4 Å². The minimum Gasteiger partial charge on any atom is -0.444 e. The second-order valence-corrected chi connectivity index (χ2v) is 12.4. The van der Waals surface area contributed by atoms with E-state index in [0.29, 0.717) is 41.7 Å². The Morgan fingerprint density at radius 3 is 2.31 bits per heavy atom. The van der Waals surface area contributed by atoms with E-state index in [-0.39, 0.29) is 34.6 Å². The van der Waals surface area contributed by atoms with E-state index in [0.717, 1.165) is 11.0 Å². The van der Waals surface area contributed by atoms with Crippen LogP contribution in [-0.2, 0) is 17.0 Å². The summed E-state index contributed by atoms with van der Waals surface area (Å²) >= 11 is 12.0. The van der Waals surface area contributed by atoms with E-state index < -0.39 is 35.1 Å². The number of carbonyl (C=O) groups excluding carboxylic acids is 3. The SMILES string of the molecule is CC(C)(C)OC(=O)N1CCC(C(=O)c2cc(F)c3c(c2)C(=O)N(Cc2ccc(Cl)cn2)C3(O)c2ccc(Cl)cc2)CC1. The summed E-state index contributed by atoms with van der Waals surface area (Å²) in [5, 5.41) is 12.9. The largest absolute Gasteiger partial charge is 0.444 e. The fourth-order valence-corrected chi connectivity index (χ4v) is 5.65. The van der Waals surface area contributed by atoms with Crippen LogP contribution >= 0.6 is 23.2 Å². The Labute approximate surface area is 253 Å². The van der Waals surface area contributed by atoms with Gasteiger partial charge in [-0.2, -0.15) is 0 Å². The molecule has 5 rings (SSSR count). The lowest BCUT2D eigenvalue weighted by Gasteiger charge is -2.35. The number of pyridine rings is 1. The highest BCUT2D eigenvalue weighted by Crippen LogP contribution is 2.45. The van der Waals surface area contributed by atoms with E-state index in [1.54, 1.807) is 37.8 Å². The summed E-state index contributed by atoms with van der Waals surface area (Å²) in [5.74, 6) is -2.35. The summed E-state index contributed by atoms with van der Waals surface area (Å²) in [6.07, 6.45) is 1.71. The van der Waals surface area contributed by atoms with Crippen molar-refractivity contribution in [3.63, 3.8) is 0 Å². The number of nitrogens with zero attached hydrogens (tertiary/aromatic N) is 3. The molecule has 220 valence electrons. The molecule has 8 nitrogen and oxygen atoms in total. The summed E-state index contributed by atoms with van der Waals surface area (Å²) < 4.78 is 21.4. The van der Waals surface area contributed by atoms with Gasteiger partial charge in [-0.25, -0.2) is 9.18 Å². The lowest BCUT2D eigenvalue weighted by Crippen LogP contribution is -2.44. The number of hydrogen-bond acceptors (Lipinski definition) is 6. The Kier molecular flexibility index (Phi) is 8.04. The highest BCUT2D eigenvalue weighted by atomic mass is 35.5. The normalized spacial score (nSPS) is 19.2. The average molecular weight is 615 g/mol. The topological polar surface area (TPSA) is 100 Å². The van der Waals surface area contributed by atoms with E-state index in [4.69, 9.17) is 27.9 Å². The van der Waals surface area contributed by atoms with Gasteiger partial charge in [-0.05, 0) is 70.0 Å². The molecule has 2 aliphatic heterocycles. The molecule has 1 aromatic heterocycles. The Balaban J connectivity index is 1.46. The van der Waals surface area contributed by atoms with Gasteiger partial charge in [-0.15, -0.1) is 0 Å². The Hall–Kier alpha value is -3.53. The number of benzene rings is 2. The third-order valence-electron chi connectivity index (χ3n) is 7.46. The Morgan fingerprint density at radius 1 is 1.07 bits per heavy atom. The smallest absolute Gasteiger partial charge is 0.410 e. The quantitative estimate of drug-likeness (QED) is 0.344. The van der Waals surface area contributed by atoms with Crippen molar-refractivity contribution in [3.05, 3.63) is 98.5 Å². The number of aliphatic hydroxyl groups is 1. The summed E-state index contributed by atoms with van der Waals surface area (Å²) in [5.41, 5.74) is -2.52. The first-order valence-corrected chi connectivity index (χ1v) is 14.3. The first-order valence-electron chi connectivity index (χ1n) is 13.5. The zero-order chi connectivity index (χ0) is 30.4. The lowest BCUT2D eigenvalue weighted by atomic mass is 9.86. The summed E-state index contributed by atoms with van der Waals surface area (Å²) in [7, 11) is 0. The first kappa shape index (κ1) is 29.9. The van der Waals surface area contributed by atoms with E-state index in [2.05, 4.69) is 4.98 Å². The molecule has 42 heavy (non-hydrogen) atoms. The Bertz CT molecular complexity index is 1530. The van der Waals surface area contributed by atoms with Crippen molar-refractivity contribution in [1.29, 1.82) is 0 Å². The van der Waals surface area contributed by atoms with Gasteiger partial charge in [-0.1, -0.05) is 35.3 Å². The van der Waals surface area contributed by atoms with Crippen LogP contribution in [0, 0.1) is 11.7 Å². The number of ether oxygens (including phenoxy) is 1. The molecule has 11 heteroatoms. The number of fused-ring (bicyclic) bond motifs is 1. The van der Waals surface area contributed by atoms with Crippen molar-refractivity contribution in [3.8, 4) is 0 Å². The molecule has 1 saturated heterocycles. The predicted octanol–water partition coefficient (Wildman–Crippen LogP) is 6.21. The molecular formula is C31H30Cl2FN3O5. The molecule has 1 fully saturated rings. The molecule has 0 bridgehead atoms. The van der Waals surface area contributed by atoms with Crippen LogP contribution in [0.15, 0.2) is 54.7 Å². The number of rotatable bonds is 5. The molecule has 0 aliphatic carbocycles. The zero-order valence-electron chi connectivity index (χ0n) is 23.4. The zero-order valence-corrected chi connectivity index (χ0v) is 24.9. The van der Waals surface area contributed by atoms with Gasteiger partial charge in [0.05, 0.1) is 28.4 Å². The molecule has 0 spiro atoms. The van der Waals surface area contributed by atoms with E-state index >= 15 is 4.39 Å². The number of ketones is 1. The van der Waals surface area contributed by atoms with E-state index in [1.165, 1.54) is 36.5 Å². The predicted molar refractivity (Wildman–Crippen MR) is 155 cm³/mol. The number of amides is 2. The maximum absolute atomic E-state index is 16.0. The third-order valence-corrected chi connectivity index (χ3v) is 7.94. The molecule has 1 N–H and O–H groups in total. The number of hydrogen-bond donors (Lipinski definition) is 1. The minimum atomic E-state index is -2.19. The highest BCUT2D eigenvalue weighted by Gasteiger charge is 2.52. The molecule has 3 aromatic rings. The molecule has 2 aliphatic rings. The number of carbonyl (C=O) groups is 3. The van der Waals surface area contributed by atoms with Gasteiger partial charge in [0.25, 0.3) is 5.91 Å². The van der Waals surface area contributed by atoms with Gasteiger partial charge in [0, 0.05) is 41.4 Å². The van der Waals surface area contributed by atoms with Crippen LogP contribution in [0.5, 0.6) is 0 Å². The van der Waals surface area contributed by atoms with Crippen molar-refractivity contribution >= 4 is 41.0 Å². The van der Waals surface area contributed by atoms with E-state index in [1.807, 2.05) is 0 Å². The van der Waals surface area contributed by atoms with Gasteiger partial charge >= 0.3 is 6.09 Å². The number of likely N-dealkylation sites (tertiary alicyclic amines) is 1. The molecule has 0 saturated carbocycles. The first-order chi connectivity index (χ1) is 19.8. The average Bonchev–Trinajstić information content (AvgIpc) is 3.16. The van der Waals surface area contributed by atoms with Crippen molar-refractivity contribution < 1.29 is 28.6 Å². The second-order valence-electron chi connectivity index (χ2n) is 11.5. The van der Waals surface area contributed by atoms with Crippen LogP contribution in [0.2, 0.25) is 10.0 Å². The standard InChI is InChI=1S/C31H30Cl2FN3O5/c1-30(2,3)42-29(40)36-12-10-18(11-13-36)27(38)19-14-24-26(25(34)15-19)31(41,20-4-6-21(32)7-5-20)37(28(24)39)17-23-9-8-22(33)16-35-23/h4-9,14-16,18,41H,10-13,17H2,1-3H3. The maximum atomic E-state index is 16.0. The van der Waals surface area contributed by atoms with Gasteiger partial charge in [-0.3, -0.25) is 19.5 Å². The third kappa shape index (κ3) is 5.73. The van der Waals surface area contributed by atoms with Crippen LogP contribution in [-0.4, -0.2) is 56.4 Å². The molecular weight excluding hydrogens is 584 g/mol. The number of halogens is 3. The van der Waals surface area contributed by atoms with Crippen LogP contribution in [0.25, 0.3) is 0 Å². The van der Waals surface area contributed by atoms with Crippen LogP contribution in [0.3, 0.4) is 0 Å². The lowest BCUT2D eigenvalue weighted by molar-refractivity contribution is -0.0567. The van der Waals surface area contributed by atoms with E-state index in [9.17, 15) is 19.5 Å². The number of Topliss-reactive ketones (excluding diaryl/α,β-unsaturated/α-hetero) is 1. The fourth-order valence-electron chi connectivity index (χ4n) is 5.42. The summed E-state index contributed by atoms with van der Waals surface area (Å²) in [4.78, 5) is 46.7. The van der Waals surface area contributed by atoms with Crippen molar-refractivity contribution in [2.45, 2.75) is 51.5 Å². The molecule has 0 radical (unpaired) electrons. The minimum absolute atomic E-state index is 0.0280. The summed E-state index contributed by atoms with van der Waals surface area (Å²) in [6.45, 7) is 5.82. The highest BCUT2D eigenvalue weighted by molar-refractivity contribution is 6.30. The van der Waals surface area contributed by atoms with Crippen LogP contribution in [0.4, 0.5) is 9.18 Å². The van der Waals surface area contributed by atoms with Crippen LogP contribution < -0.4 is 0 Å². The number of aromatic nitrogens is 1. The number of piperidine rings is 1. The van der Waals surface area contributed by atoms with Crippen molar-refractivity contribution in [2.75, 3.05) is 13.1 Å². The van der Waals surface area contributed by atoms with Crippen molar-refractivity contribution in [2.24, 2.45) is 5.92 Å². The maximum Gasteiger partial charge on any atom is 0.410 e. The molecule has 2 amide bonds.